The molecule has 2 heterocycles. The van der Waals surface area contributed by atoms with Crippen LogP contribution < -0.4 is 4.90 Å². The minimum absolute atomic E-state index is 0.233. The first-order valence-electron chi connectivity index (χ1n) is 10.3. The minimum atomic E-state index is 0.233. The molecular weight excluding hydrogens is 318 g/mol. The summed E-state index contributed by atoms with van der Waals surface area (Å²) in [6.45, 7) is 24.7. The van der Waals surface area contributed by atoms with Crippen LogP contribution in [0.3, 0.4) is 0 Å². The van der Waals surface area contributed by atoms with Crippen LogP contribution in [0.4, 0.5) is 5.69 Å². The Hall–Kier alpha value is -1.06. The molecule has 0 unspecified atom stereocenters. The summed E-state index contributed by atoms with van der Waals surface area (Å²) in [7, 11) is 0. The lowest BCUT2D eigenvalue weighted by Gasteiger charge is -2.56. The van der Waals surface area contributed by atoms with Crippen LogP contribution in [-0.4, -0.2) is 61.2 Å². The van der Waals surface area contributed by atoms with E-state index in [1.54, 1.807) is 0 Å². The van der Waals surface area contributed by atoms with Gasteiger partial charge in [0.1, 0.15) is 0 Å². The molecule has 2 saturated heterocycles. The van der Waals surface area contributed by atoms with Crippen molar-refractivity contribution in [2.45, 2.75) is 59.4 Å². The van der Waals surface area contributed by atoms with E-state index in [1.807, 2.05) is 0 Å². The quantitative estimate of drug-likeness (QED) is 0.802. The maximum Gasteiger partial charge on any atom is 0.0367 e. The van der Waals surface area contributed by atoms with Crippen LogP contribution in [0.1, 0.15) is 54.0 Å². The van der Waals surface area contributed by atoms with E-state index in [4.69, 9.17) is 0 Å². The first-order chi connectivity index (χ1) is 12.0. The Kier molecular flexibility index (Phi) is 5.18. The van der Waals surface area contributed by atoms with Gasteiger partial charge in [-0.1, -0.05) is 39.8 Å². The second kappa shape index (κ2) is 6.83. The highest BCUT2D eigenvalue weighted by Crippen LogP contribution is 2.36. The van der Waals surface area contributed by atoms with E-state index in [9.17, 15) is 0 Å². The van der Waals surface area contributed by atoms with Gasteiger partial charge in [-0.25, -0.2) is 0 Å². The van der Waals surface area contributed by atoms with Gasteiger partial charge in [0.25, 0.3) is 0 Å². The average Bonchev–Trinajstić information content (AvgIpc) is 2.52. The molecule has 26 heavy (non-hydrogen) atoms. The molecule has 0 atom stereocenters. The van der Waals surface area contributed by atoms with Gasteiger partial charge in [-0.3, -0.25) is 9.80 Å². The van der Waals surface area contributed by atoms with Crippen molar-refractivity contribution < 1.29 is 0 Å². The zero-order chi connectivity index (χ0) is 19.2. The van der Waals surface area contributed by atoms with Gasteiger partial charge in [0.05, 0.1) is 0 Å². The van der Waals surface area contributed by atoms with Gasteiger partial charge < -0.3 is 4.90 Å². The smallest absolute Gasteiger partial charge is 0.0367 e. The molecule has 0 N–H and O–H groups in total. The maximum atomic E-state index is 2.68. The van der Waals surface area contributed by atoms with Crippen molar-refractivity contribution in [2.75, 3.05) is 50.7 Å². The number of benzene rings is 1. The van der Waals surface area contributed by atoms with Crippen molar-refractivity contribution in [1.82, 2.24) is 9.80 Å². The van der Waals surface area contributed by atoms with Crippen molar-refractivity contribution in [3.63, 3.8) is 0 Å². The Morgan fingerprint density at radius 2 is 1.38 bits per heavy atom. The van der Waals surface area contributed by atoms with Gasteiger partial charge in [-0.15, -0.1) is 0 Å². The van der Waals surface area contributed by atoms with E-state index in [0.29, 0.717) is 11.0 Å². The summed E-state index contributed by atoms with van der Waals surface area (Å²) < 4.78 is 0. The van der Waals surface area contributed by atoms with Crippen LogP contribution >= 0.6 is 0 Å². The number of rotatable bonds is 3. The highest BCUT2D eigenvalue weighted by Gasteiger charge is 2.44. The Morgan fingerprint density at radius 1 is 0.846 bits per heavy atom. The molecule has 3 rings (SSSR count). The summed E-state index contributed by atoms with van der Waals surface area (Å²) in [5, 5.41) is 0. The molecule has 0 saturated carbocycles. The number of likely N-dealkylation sites (tertiary alicyclic amines) is 1. The van der Waals surface area contributed by atoms with Crippen LogP contribution in [-0.2, 0) is 5.41 Å². The normalized spacial score (nSPS) is 22.3. The molecular formula is C23H39N3. The van der Waals surface area contributed by atoms with Gasteiger partial charge in [0, 0.05) is 62.5 Å². The van der Waals surface area contributed by atoms with Crippen molar-refractivity contribution in [2.24, 2.45) is 5.41 Å². The van der Waals surface area contributed by atoms with Crippen molar-refractivity contribution in [3.8, 4) is 0 Å². The predicted molar refractivity (Wildman–Crippen MR) is 113 cm³/mol. The van der Waals surface area contributed by atoms with Crippen molar-refractivity contribution >= 4 is 5.69 Å². The van der Waals surface area contributed by atoms with Crippen LogP contribution in [0.5, 0.6) is 0 Å². The van der Waals surface area contributed by atoms with Gasteiger partial charge in [0.2, 0.25) is 0 Å². The first kappa shape index (κ1) is 19.7. The fourth-order valence-electron chi connectivity index (χ4n) is 4.33. The van der Waals surface area contributed by atoms with Crippen molar-refractivity contribution in [1.29, 1.82) is 0 Å². The fraction of sp³-hybridized carbons (Fsp3) is 0.739. The third-order valence-corrected chi connectivity index (χ3v) is 6.17. The second-order valence-corrected chi connectivity index (χ2v) is 10.9. The van der Waals surface area contributed by atoms with Gasteiger partial charge in [-0.2, -0.15) is 0 Å². The SMILES string of the molecule is CC1(CN2CCN(c3ccc(C(C)(C)C)cc3)CC2)CN(C(C)(C)C)C1. The van der Waals surface area contributed by atoms with E-state index >= 15 is 0 Å². The van der Waals surface area contributed by atoms with E-state index in [-0.39, 0.29) is 5.41 Å². The molecule has 0 bridgehead atoms. The number of hydrogen-bond donors (Lipinski definition) is 0. The lowest BCUT2D eigenvalue weighted by molar-refractivity contribution is -0.0648. The second-order valence-electron chi connectivity index (χ2n) is 10.9. The molecule has 2 aliphatic heterocycles. The molecule has 1 aromatic rings. The molecule has 0 aromatic heterocycles. The largest absolute Gasteiger partial charge is 0.369 e. The highest BCUT2D eigenvalue weighted by atomic mass is 15.3. The third kappa shape index (κ3) is 4.43. The number of piperazine rings is 1. The minimum Gasteiger partial charge on any atom is -0.369 e. The Morgan fingerprint density at radius 3 is 1.85 bits per heavy atom. The van der Waals surface area contributed by atoms with E-state index in [0.717, 1.165) is 13.1 Å². The van der Waals surface area contributed by atoms with E-state index in [2.05, 4.69) is 87.4 Å². The lowest BCUT2D eigenvalue weighted by atomic mass is 9.78. The van der Waals surface area contributed by atoms with E-state index < -0.39 is 0 Å². The standard InChI is InChI=1S/C23H39N3/c1-21(2,3)19-8-10-20(11-9-19)25-14-12-24(13-15-25)16-23(7)17-26(18-23)22(4,5)6/h8-11H,12-18H2,1-7H3. The van der Waals surface area contributed by atoms with Gasteiger partial charge in [-0.05, 0) is 43.9 Å². The molecule has 1 aromatic carbocycles. The molecule has 0 radical (unpaired) electrons. The Labute approximate surface area is 161 Å². The molecule has 3 heteroatoms. The molecule has 3 nitrogen and oxygen atoms in total. The number of hydrogen-bond acceptors (Lipinski definition) is 3. The molecule has 0 amide bonds. The Balaban J connectivity index is 1.49. The molecule has 2 fully saturated rings. The van der Waals surface area contributed by atoms with Crippen LogP contribution in [0, 0.1) is 5.41 Å². The predicted octanol–water partition coefficient (Wildman–Crippen LogP) is 4.23. The summed E-state index contributed by atoms with van der Waals surface area (Å²) in [6.07, 6.45) is 0. The first-order valence-corrected chi connectivity index (χ1v) is 10.3. The third-order valence-electron chi connectivity index (χ3n) is 6.17. The fourth-order valence-corrected chi connectivity index (χ4v) is 4.33. The van der Waals surface area contributed by atoms with Crippen LogP contribution in [0.25, 0.3) is 0 Å². The van der Waals surface area contributed by atoms with Crippen LogP contribution in [0.15, 0.2) is 24.3 Å². The summed E-state index contributed by atoms with van der Waals surface area (Å²) in [5.74, 6) is 0. The number of anilines is 1. The zero-order valence-electron chi connectivity index (χ0n) is 18.1. The monoisotopic (exact) mass is 357 g/mol. The summed E-state index contributed by atoms with van der Waals surface area (Å²) in [4.78, 5) is 7.84. The summed E-state index contributed by atoms with van der Waals surface area (Å²) in [5.41, 5.74) is 3.82. The number of nitrogens with zero attached hydrogens (tertiary/aromatic N) is 3. The maximum absolute atomic E-state index is 2.68. The average molecular weight is 358 g/mol. The van der Waals surface area contributed by atoms with E-state index in [1.165, 1.54) is 44.0 Å². The molecule has 146 valence electrons. The van der Waals surface area contributed by atoms with Gasteiger partial charge in [0.15, 0.2) is 0 Å². The molecule has 0 spiro atoms. The molecule has 2 aliphatic rings. The van der Waals surface area contributed by atoms with Crippen molar-refractivity contribution in [3.05, 3.63) is 29.8 Å². The topological polar surface area (TPSA) is 9.72 Å². The molecule has 0 aliphatic carbocycles. The highest BCUT2D eigenvalue weighted by molar-refractivity contribution is 5.49. The lowest BCUT2D eigenvalue weighted by Crippen LogP contribution is -2.65. The zero-order valence-corrected chi connectivity index (χ0v) is 18.1. The summed E-state index contributed by atoms with van der Waals surface area (Å²) in [6, 6.07) is 9.23. The Bertz CT molecular complexity index is 592. The summed E-state index contributed by atoms with van der Waals surface area (Å²) >= 11 is 0. The van der Waals surface area contributed by atoms with Gasteiger partial charge >= 0.3 is 0 Å². The van der Waals surface area contributed by atoms with Crippen LogP contribution in [0.2, 0.25) is 0 Å².